The van der Waals surface area contributed by atoms with Crippen LogP contribution in [0.2, 0.25) is 0 Å². The normalized spacial score (nSPS) is 12.9. The number of hydrogen-bond donors (Lipinski definition) is 1. The van der Waals surface area contributed by atoms with E-state index in [-0.39, 0.29) is 17.9 Å². The van der Waals surface area contributed by atoms with Crippen LogP contribution in [0, 0.1) is 5.92 Å². The van der Waals surface area contributed by atoms with E-state index in [0.29, 0.717) is 10.9 Å². The zero-order valence-electron chi connectivity index (χ0n) is 13.1. The number of aromatic nitrogens is 3. The van der Waals surface area contributed by atoms with Crippen molar-refractivity contribution in [3.63, 3.8) is 0 Å². The molecule has 1 atom stereocenters. The lowest BCUT2D eigenvalue weighted by Crippen LogP contribution is -2.33. The Hall–Kier alpha value is -1.69. The summed E-state index contributed by atoms with van der Waals surface area (Å²) in [6, 6.07) is -0.121. The third-order valence-corrected chi connectivity index (χ3v) is 4.26. The number of amides is 1. The van der Waals surface area contributed by atoms with Gasteiger partial charge in [0.05, 0.1) is 11.7 Å². The number of carbonyl (C=O) groups is 1. The standard InChI is InChI=1S/C15H22N4OS/c1-9(2)11-8-21-15(17-11)14(20)18-12(10(3)4)13-16-6-7-19(13)5/h6-10,12H,1-5H3,(H,18,20)/t12-/m1/s1. The van der Waals surface area contributed by atoms with Gasteiger partial charge in [0.1, 0.15) is 5.82 Å². The van der Waals surface area contributed by atoms with Crippen LogP contribution < -0.4 is 5.32 Å². The fourth-order valence-electron chi connectivity index (χ4n) is 2.06. The molecule has 0 radical (unpaired) electrons. The molecule has 0 spiro atoms. The quantitative estimate of drug-likeness (QED) is 0.923. The van der Waals surface area contributed by atoms with Crippen LogP contribution in [0.5, 0.6) is 0 Å². The Morgan fingerprint density at radius 2 is 2.05 bits per heavy atom. The summed E-state index contributed by atoms with van der Waals surface area (Å²) in [5.74, 6) is 1.31. The Bertz CT molecular complexity index is 615. The predicted molar refractivity (Wildman–Crippen MR) is 84.5 cm³/mol. The van der Waals surface area contributed by atoms with E-state index in [4.69, 9.17) is 0 Å². The summed E-state index contributed by atoms with van der Waals surface area (Å²) >= 11 is 1.39. The summed E-state index contributed by atoms with van der Waals surface area (Å²) in [5, 5.41) is 5.52. The topological polar surface area (TPSA) is 59.8 Å². The maximum atomic E-state index is 12.4. The van der Waals surface area contributed by atoms with E-state index in [1.807, 2.05) is 23.2 Å². The molecular formula is C15H22N4OS. The van der Waals surface area contributed by atoms with Crippen molar-refractivity contribution in [1.29, 1.82) is 0 Å². The van der Waals surface area contributed by atoms with Gasteiger partial charge < -0.3 is 9.88 Å². The summed E-state index contributed by atoms with van der Waals surface area (Å²) in [5.41, 5.74) is 0.961. The van der Waals surface area contributed by atoms with Crippen molar-refractivity contribution in [2.75, 3.05) is 0 Å². The maximum absolute atomic E-state index is 12.4. The van der Waals surface area contributed by atoms with Crippen LogP contribution in [0.4, 0.5) is 0 Å². The molecule has 0 aliphatic heterocycles. The molecule has 0 bridgehead atoms. The average molecular weight is 306 g/mol. The van der Waals surface area contributed by atoms with E-state index >= 15 is 0 Å². The first kappa shape index (κ1) is 15.7. The number of aryl methyl sites for hydroxylation is 1. The van der Waals surface area contributed by atoms with Crippen LogP contribution in [-0.2, 0) is 7.05 Å². The monoisotopic (exact) mass is 306 g/mol. The van der Waals surface area contributed by atoms with Gasteiger partial charge >= 0.3 is 0 Å². The smallest absolute Gasteiger partial charge is 0.280 e. The molecule has 6 heteroatoms. The van der Waals surface area contributed by atoms with E-state index < -0.39 is 0 Å². The van der Waals surface area contributed by atoms with E-state index in [9.17, 15) is 4.79 Å². The van der Waals surface area contributed by atoms with Gasteiger partial charge in [0.2, 0.25) is 0 Å². The molecule has 2 aromatic rings. The fraction of sp³-hybridized carbons (Fsp3) is 0.533. The number of hydrogen-bond acceptors (Lipinski definition) is 4. The Balaban J connectivity index is 2.17. The van der Waals surface area contributed by atoms with Crippen LogP contribution in [0.1, 0.15) is 61.0 Å². The molecule has 0 saturated carbocycles. The fourth-order valence-corrected chi connectivity index (χ4v) is 2.95. The van der Waals surface area contributed by atoms with Gasteiger partial charge in [-0.2, -0.15) is 0 Å². The first-order valence-corrected chi connectivity index (χ1v) is 8.01. The van der Waals surface area contributed by atoms with Crippen molar-refractivity contribution in [3.05, 3.63) is 34.3 Å². The summed E-state index contributed by atoms with van der Waals surface area (Å²) in [4.78, 5) is 21.2. The lowest BCUT2D eigenvalue weighted by Gasteiger charge is -2.21. The highest BCUT2D eigenvalue weighted by atomic mass is 32.1. The highest BCUT2D eigenvalue weighted by molar-refractivity contribution is 7.11. The number of carbonyl (C=O) groups excluding carboxylic acids is 1. The van der Waals surface area contributed by atoms with Crippen molar-refractivity contribution < 1.29 is 4.79 Å². The second-order valence-electron chi connectivity index (χ2n) is 5.82. The summed E-state index contributed by atoms with van der Waals surface area (Å²) in [6.07, 6.45) is 3.63. The lowest BCUT2D eigenvalue weighted by atomic mass is 10.0. The summed E-state index contributed by atoms with van der Waals surface area (Å²) < 4.78 is 1.94. The van der Waals surface area contributed by atoms with Crippen molar-refractivity contribution in [2.24, 2.45) is 13.0 Å². The van der Waals surface area contributed by atoms with E-state index in [1.54, 1.807) is 6.20 Å². The van der Waals surface area contributed by atoms with Crippen LogP contribution in [0.25, 0.3) is 0 Å². The second-order valence-corrected chi connectivity index (χ2v) is 6.68. The highest BCUT2D eigenvalue weighted by Gasteiger charge is 2.24. The van der Waals surface area contributed by atoms with Crippen molar-refractivity contribution in [3.8, 4) is 0 Å². The summed E-state index contributed by atoms with van der Waals surface area (Å²) in [6.45, 7) is 8.28. The average Bonchev–Trinajstić information content (AvgIpc) is 3.04. The molecule has 2 aromatic heterocycles. The molecule has 1 N–H and O–H groups in total. The molecule has 5 nitrogen and oxygen atoms in total. The molecular weight excluding hydrogens is 284 g/mol. The first-order valence-electron chi connectivity index (χ1n) is 7.13. The molecule has 2 rings (SSSR count). The Labute approximate surface area is 129 Å². The van der Waals surface area contributed by atoms with Gasteiger partial charge in [0.15, 0.2) is 5.01 Å². The van der Waals surface area contributed by atoms with E-state index in [2.05, 4.69) is 43.0 Å². The second kappa shape index (κ2) is 6.39. The lowest BCUT2D eigenvalue weighted by molar-refractivity contribution is 0.0922. The Morgan fingerprint density at radius 1 is 1.33 bits per heavy atom. The predicted octanol–water partition coefficient (Wildman–Crippen LogP) is 3.13. The molecule has 0 aliphatic rings. The number of nitrogens with one attached hydrogen (secondary N) is 1. The molecule has 1 amide bonds. The molecule has 2 heterocycles. The van der Waals surface area contributed by atoms with Gasteiger partial charge in [0, 0.05) is 24.8 Å². The first-order chi connectivity index (χ1) is 9.90. The van der Waals surface area contributed by atoms with Crippen LogP contribution >= 0.6 is 11.3 Å². The molecule has 0 aliphatic carbocycles. The number of imidazole rings is 1. The number of nitrogens with zero attached hydrogens (tertiary/aromatic N) is 3. The minimum atomic E-state index is -0.131. The SMILES string of the molecule is CC(C)c1csc(C(=O)N[C@@H](c2nccn2C)C(C)C)n1. The Kier molecular flexibility index (Phi) is 4.77. The zero-order chi connectivity index (χ0) is 15.6. The molecule has 0 aromatic carbocycles. The zero-order valence-corrected chi connectivity index (χ0v) is 13.9. The highest BCUT2D eigenvalue weighted by Crippen LogP contribution is 2.22. The molecule has 0 unspecified atom stereocenters. The minimum Gasteiger partial charge on any atom is -0.340 e. The van der Waals surface area contributed by atoms with Gasteiger partial charge in [-0.25, -0.2) is 9.97 Å². The van der Waals surface area contributed by atoms with Gasteiger partial charge in [-0.1, -0.05) is 27.7 Å². The van der Waals surface area contributed by atoms with Gasteiger partial charge in [-0.05, 0) is 11.8 Å². The van der Waals surface area contributed by atoms with Crippen molar-refractivity contribution in [1.82, 2.24) is 19.9 Å². The number of rotatable bonds is 5. The molecule has 0 fully saturated rings. The van der Waals surface area contributed by atoms with Crippen LogP contribution in [-0.4, -0.2) is 20.4 Å². The van der Waals surface area contributed by atoms with Gasteiger partial charge in [-0.3, -0.25) is 4.79 Å². The van der Waals surface area contributed by atoms with Gasteiger partial charge in [-0.15, -0.1) is 11.3 Å². The Morgan fingerprint density at radius 3 is 2.52 bits per heavy atom. The third kappa shape index (κ3) is 3.50. The summed E-state index contributed by atoms with van der Waals surface area (Å²) in [7, 11) is 1.93. The molecule has 114 valence electrons. The molecule has 0 saturated heterocycles. The van der Waals surface area contributed by atoms with E-state index in [0.717, 1.165) is 11.5 Å². The van der Waals surface area contributed by atoms with Crippen LogP contribution in [0.3, 0.4) is 0 Å². The maximum Gasteiger partial charge on any atom is 0.280 e. The van der Waals surface area contributed by atoms with Crippen molar-refractivity contribution in [2.45, 2.75) is 39.7 Å². The van der Waals surface area contributed by atoms with E-state index in [1.165, 1.54) is 11.3 Å². The number of thiazole rings is 1. The minimum absolute atomic E-state index is 0.121. The van der Waals surface area contributed by atoms with Crippen molar-refractivity contribution >= 4 is 17.2 Å². The van der Waals surface area contributed by atoms with Gasteiger partial charge in [0.25, 0.3) is 5.91 Å². The largest absolute Gasteiger partial charge is 0.340 e. The third-order valence-electron chi connectivity index (χ3n) is 3.40. The molecule has 21 heavy (non-hydrogen) atoms. The van der Waals surface area contributed by atoms with Crippen LogP contribution in [0.15, 0.2) is 17.8 Å².